The summed E-state index contributed by atoms with van der Waals surface area (Å²) in [7, 11) is 0. The first kappa shape index (κ1) is 13.8. The SMILES string of the molecule is CCN[C@@H](c1ccc(C(C)C)cc1)c1cccnc1. The Balaban J connectivity index is 2.29. The second-order valence-electron chi connectivity index (χ2n) is 5.10. The van der Waals surface area contributed by atoms with E-state index >= 15 is 0 Å². The minimum Gasteiger partial charge on any atom is -0.306 e. The number of nitrogens with one attached hydrogen (secondary N) is 1. The van der Waals surface area contributed by atoms with Gasteiger partial charge in [0.15, 0.2) is 0 Å². The van der Waals surface area contributed by atoms with E-state index in [1.807, 2.05) is 18.5 Å². The Morgan fingerprint density at radius 1 is 1.00 bits per heavy atom. The topological polar surface area (TPSA) is 24.9 Å². The van der Waals surface area contributed by atoms with Crippen molar-refractivity contribution in [3.63, 3.8) is 0 Å². The number of hydrogen-bond acceptors (Lipinski definition) is 2. The summed E-state index contributed by atoms with van der Waals surface area (Å²) in [5.74, 6) is 0.574. The Morgan fingerprint density at radius 3 is 2.21 bits per heavy atom. The molecular formula is C17H22N2. The molecule has 0 aliphatic heterocycles. The zero-order valence-corrected chi connectivity index (χ0v) is 11.9. The summed E-state index contributed by atoms with van der Waals surface area (Å²) in [6, 6.07) is 13.2. The molecule has 0 radical (unpaired) electrons. The van der Waals surface area contributed by atoms with Crippen LogP contribution < -0.4 is 5.32 Å². The monoisotopic (exact) mass is 254 g/mol. The number of hydrogen-bond donors (Lipinski definition) is 1. The van der Waals surface area contributed by atoms with E-state index in [9.17, 15) is 0 Å². The van der Waals surface area contributed by atoms with Crippen LogP contribution in [0.1, 0.15) is 49.4 Å². The van der Waals surface area contributed by atoms with Crippen molar-refractivity contribution in [2.45, 2.75) is 32.7 Å². The second-order valence-corrected chi connectivity index (χ2v) is 5.10. The van der Waals surface area contributed by atoms with E-state index in [-0.39, 0.29) is 6.04 Å². The van der Waals surface area contributed by atoms with Gasteiger partial charge in [-0.2, -0.15) is 0 Å². The smallest absolute Gasteiger partial charge is 0.0591 e. The molecule has 2 rings (SSSR count). The maximum Gasteiger partial charge on any atom is 0.0591 e. The number of benzene rings is 1. The quantitative estimate of drug-likeness (QED) is 0.875. The van der Waals surface area contributed by atoms with Crippen LogP contribution in [0.4, 0.5) is 0 Å². The fourth-order valence-electron chi connectivity index (χ4n) is 2.25. The van der Waals surface area contributed by atoms with Crippen molar-refractivity contribution >= 4 is 0 Å². The lowest BCUT2D eigenvalue weighted by atomic mass is 9.96. The van der Waals surface area contributed by atoms with Crippen molar-refractivity contribution in [2.24, 2.45) is 0 Å². The Morgan fingerprint density at radius 2 is 1.68 bits per heavy atom. The van der Waals surface area contributed by atoms with Gasteiger partial charge in [-0.3, -0.25) is 4.98 Å². The van der Waals surface area contributed by atoms with Crippen LogP contribution in [0, 0.1) is 0 Å². The first-order chi connectivity index (χ1) is 9.22. The van der Waals surface area contributed by atoms with E-state index in [2.05, 4.69) is 61.4 Å². The Hall–Kier alpha value is -1.67. The average Bonchev–Trinajstić information content (AvgIpc) is 2.46. The summed E-state index contributed by atoms with van der Waals surface area (Å²) in [5.41, 5.74) is 3.88. The zero-order chi connectivity index (χ0) is 13.7. The van der Waals surface area contributed by atoms with Gasteiger partial charge in [-0.1, -0.05) is 51.1 Å². The normalized spacial score (nSPS) is 12.6. The molecule has 1 heterocycles. The highest BCUT2D eigenvalue weighted by atomic mass is 14.9. The molecule has 0 saturated carbocycles. The van der Waals surface area contributed by atoms with Gasteiger partial charge >= 0.3 is 0 Å². The van der Waals surface area contributed by atoms with Gasteiger partial charge in [0.2, 0.25) is 0 Å². The average molecular weight is 254 g/mol. The van der Waals surface area contributed by atoms with Crippen molar-refractivity contribution < 1.29 is 0 Å². The minimum atomic E-state index is 0.222. The summed E-state index contributed by atoms with van der Waals surface area (Å²) in [4.78, 5) is 4.22. The van der Waals surface area contributed by atoms with Crippen LogP contribution in [0.5, 0.6) is 0 Å². The molecule has 1 atom stereocenters. The minimum absolute atomic E-state index is 0.222. The number of nitrogens with zero attached hydrogens (tertiary/aromatic N) is 1. The fourth-order valence-corrected chi connectivity index (χ4v) is 2.25. The molecule has 19 heavy (non-hydrogen) atoms. The lowest BCUT2D eigenvalue weighted by Gasteiger charge is -2.19. The third kappa shape index (κ3) is 3.42. The molecule has 1 aromatic heterocycles. The summed E-state index contributed by atoms with van der Waals surface area (Å²) in [6.45, 7) is 7.51. The highest BCUT2D eigenvalue weighted by Crippen LogP contribution is 2.23. The second kappa shape index (κ2) is 6.48. The van der Waals surface area contributed by atoms with Gasteiger partial charge in [0, 0.05) is 12.4 Å². The van der Waals surface area contributed by atoms with E-state index < -0.39 is 0 Å². The number of pyridine rings is 1. The molecular weight excluding hydrogens is 232 g/mol. The van der Waals surface area contributed by atoms with E-state index in [1.54, 1.807) is 0 Å². The third-order valence-corrected chi connectivity index (χ3v) is 3.36. The summed E-state index contributed by atoms with van der Waals surface area (Å²) in [5, 5.41) is 3.52. The Labute approximate surface area is 115 Å². The maximum absolute atomic E-state index is 4.22. The molecule has 0 spiro atoms. The summed E-state index contributed by atoms with van der Waals surface area (Å²) >= 11 is 0. The van der Waals surface area contributed by atoms with Gasteiger partial charge in [-0.15, -0.1) is 0 Å². The predicted octanol–water partition coefficient (Wildman–Crippen LogP) is 3.90. The molecule has 0 unspecified atom stereocenters. The van der Waals surface area contributed by atoms with Gasteiger partial charge in [-0.25, -0.2) is 0 Å². The standard InChI is InChI=1S/C17H22N2/c1-4-19-17(16-6-5-11-18-12-16)15-9-7-14(8-10-15)13(2)3/h5-13,17,19H,4H2,1-3H3/t17-/m0/s1. The van der Waals surface area contributed by atoms with Crippen molar-refractivity contribution in [1.29, 1.82) is 0 Å². The molecule has 2 heteroatoms. The molecule has 1 aromatic carbocycles. The van der Waals surface area contributed by atoms with Crippen LogP contribution in [-0.2, 0) is 0 Å². The largest absolute Gasteiger partial charge is 0.306 e. The summed E-state index contributed by atoms with van der Waals surface area (Å²) < 4.78 is 0. The number of rotatable bonds is 5. The molecule has 0 fully saturated rings. The molecule has 2 aromatic rings. The van der Waals surface area contributed by atoms with Crippen LogP contribution in [0.3, 0.4) is 0 Å². The van der Waals surface area contributed by atoms with Crippen LogP contribution in [0.2, 0.25) is 0 Å². The fraction of sp³-hybridized carbons (Fsp3) is 0.353. The third-order valence-electron chi connectivity index (χ3n) is 3.36. The lowest BCUT2D eigenvalue weighted by molar-refractivity contribution is 0.628. The van der Waals surface area contributed by atoms with E-state index in [1.165, 1.54) is 16.7 Å². The van der Waals surface area contributed by atoms with Crippen LogP contribution >= 0.6 is 0 Å². The molecule has 0 aliphatic rings. The van der Waals surface area contributed by atoms with E-state index in [0.717, 1.165) is 6.54 Å². The van der Waals surface area contributed by atoms with Gasteiger partial charge in [-0.05, 0) is 35.2 Å². The summed E-state index contributed by atoms with van der Waals surface area (Å²) in [6.07, 6.45) is 3.75. The molecule has 0 amide bonds. The molecule has 0 bridgehead atoms. The zero-order valence-electron chi connectivity index (χ0n) is 11.9. The highest BCUT2D eigenvalue weighted by molar-refractivity contribution is 5.33. The van der Waals surface area contributed by atoms with Gasteiger partial charge < -0.3 is 5.32 Å². The van der Waals surface area contributed by atoms with Crippen molar-refractivity contribution in [1.82, 2.24) is 10.3 Å². The van der Waals surface area contributed by atoms with Crippen LogP contribution in [0.15, 0.2) is 48.8 Å². The first-order valence-corrected chi connectivity index (χ1v) is 6.95. The van der Waals surface area contributed by atoms with Gasteiger partial charge in [0.1, 0.15) is 0 Å². The van der Waals surface area contributed by atoms with E-state index in [0.29, 0.717) is 5.92 Å². The predicted molar refractivity (Wildman–Crippen MR) is 80.3 cm³/mol. The van der Waals surface area contributed by atoms with Crippen molar-refractivity contribution in [3.05, 3.63) is 65.5 Å². The van der Waals surface area contributed by atoms with Gasteiger partial charge in [0.05, 0.1) is 6.04 Å². The lowest BCUT2D eigenvalue weighted by Crippen LogP contribution is -2.22. The van der Waals surface area contributed by atoms with Crippen molar-refractivity contribution in [3.8, 4) is 0 Å². The van der Waals surface area contributed by atoms with Gasteiger partial charge in [0.25, 0.3) is 0 Å². The highest BCUT2D eigenvalue weighted by Gasteiger charge is 2.13. The molecule has 0 aliphatic carbocycles. The van der Waals surface area contributed by atoms with Crippen molar-refractivity contribution in [2.75, 3.05) is 6.54 Å². The van der Waals surface area contributed by atoms with E-state index in [4.69, 9.17) is 0 Å². The first-order valence-electron chi connectivity index (χ1n) is 6.95. The van der Waals surface area contributed by atoms with Crippen LogP contribution in [0.25, 0.3) is 0 Å². The number of aromatic nitrogens is 1. The molecule has 1 N–H and O–H groups in total. The van der Waals surface area contributed by atoms with Crippen LogP contribution in [-0.4, -0.2) is 11.5 Å². The molecule has 100 valence electrons. The Bertz CT molecular complexity index is 488. The molecule has 0 saturated heterocycles. The Kier molecular flexibility index (Phi) is 4.69. The maximum atomic E-state index is 4.22. The molecule has 2 nitrogen and oxygen atoms in total.